The smallest absolute Gasteiger partial charge is 0.549 e. The molecule has 0 bridgehead atoms. The van der Waals surface area contributed by atoms with E-state index in [9.17, 15) is 14.7 Å². The van der Waals surface area contributed by atoms with Crippen LogP contribution in [0.25, 0.3) is 0 Å². The fraction of sp³-hybridized carbons (Fsp3) is 0.345. The number of nitrogens with zero attached hydrogens (tertiary/aromatic N) is 2. The number of hydrogen-bond acceptors (Lipinski definition) is 7. The number of amides is 1. The van der Waals surface area contributed by atoms with Gasteiger partial charge in [-0.2, -0.15) is 0 Å². The molecule has 8 nitrogen and oxygen atoms in total. The van der Waals surface area contributed by atoms with Crippen molar-refractivity contribution in [2.45, 2.75) is 37.5 Å². The molecular weight excluding hydrogens is 529 g/mol. The van der Waals surface area contributed by atoms with Gasteiger partial charge in [-0.3, -0.25) is 4.79 Å². The van der Waals surface area contributed by atoms with Gasteiger partial charge in [0.2, 0.25) is 0 Å². The minimum atomic E-state index is -1.16. The molecule has 1 aliphatic carbocycles. The third kappa shape index (κ3) is 6.87. The van der Waals surface area contributed by atoms with E-state index in [4.69, 9.17) is 26.1 Å². The van der Waals surface area contributed by atoms with Crippen molar-refractivity contribution >= 4 is 29.3 Å². The molecule has 1 aliphatic heterocycles. The molecule has 1 atom stereocenters. The van der Waals surface area contributed by atoms with Crippen molar-refractivity contribution < 1.29 is 53.7 Å². The topological polar surface area (TPSA) is 104 Å². The monoisotopic (exact) mass is 557 g/mol. The Bertz CT molecular complexity index is 1360. The average Bonchev–Trinajstić information content (AvgIpc) is 3.75. The maximum Gasteiger partial charge on any atom is 1.00 e. The molecule has 2 heterocycles. The van der Waals surface area contributed by atoms with Crippen LogP contribution < -0.4 is 54.4 Å². The van der Waals surface area contributed by atoms with E-state index >= 15 is 0 Å². The number of carbonyl (C=O) groups is 2. The fourth-order valence-electron chi connectivity index (χ4n) is 4.61. The first-order valence-electron chi connectivity index (χ1n) is 12.7. The number of pyridine rings is 1. The Morgan fingerprint density at radius 3 is 2.54 bits per heavy atom. The van der Waals surface area contributed by atoms with Gasteiger partial charge in [-0.05, 0) is 67.6 Å². The van der Waals surface area contributed by atoms with Gasteiger partial charge in [0.1, 0.15) is 23.1 Å². The number of nitrogens with one attached hydrogen (secondary N) is 1. The average molecular weight is 558 g/mol. The zero-order valence-corrected chi connectivity index (χ0v) is 25.1. The van der Waals surface area contributed by atoms with E-state index in [-0.39, 0.29) is 47.1 Å². The van der Waals surface area contributed by atoms with Crippen LogP contribution in [0, 0.1) is 0 Å². The molecule has 2 aliphatic rings. The second-order valence-corrected chi connectivity index (χ2v) is 10.3. The van der Waals surface area contributed by atoms with Gasteiger partial charge in [0, 0.05) is 61.3 Å². The van der Waals surface area contributed by atoms with Gasteiger partial charge in [0.05, 0.1) is 11.6 Å². The predicted octanol–water partition coefficient (Wildman–Crippen LogP) is 1.06. The van der Waals surface area contributed by atoms with Crippen molar-refractivity contribution in [2.75, 3.05) is 32.1 Å². The zero-order valence-electron chi connectivity index (χ0n) is 22.3. The molecule has 3 aromatic rings. The molecule has 1 amide bonds. The summed E-state index contributed by atoms with van der Waals surface area (Å²) < 4.78 is 11.5. The van der Waals surface area contributed by atoms with Crippen molar-refractivity contribution in [1.29, 1.82) is 0 Å². The fourth-order valence-corrected chi connectivity index (χ4v) is 4.82. The van der Waals surface area contributed by atoms with Crippen LogP contribution in [0.15, 0.2) is 48.5 Å². The first-order chi connectivity index (χ1) is 18.3. The maximum absolute atomic E-state index is 12.7. The Labute approximate surface area is 255 Å². The van der Waals surface area contributed by atoms with Crippen molar-refractivity contribution in [1.82, 2.24) is 10.3 Å². The van der Waals surface area contributed by atoms with Crippen LogP contribution >= 0.6 is 11.6 Å². The quantitative estimate of drug-likeness (QED) is 0.392. The Kier molecular flexibility index (Phi) is 9.43. The number of carboxylic acids is 1. The van der Waals surface area contributed by atoms with Gasteiger partial charge >= 0.3 is 29.6 Å². The standard InChI is InChI=1S/C29H30ClN3O5.Na/c1-33(2)27-18(7-10-24(32-27)17-3-4-17)11-13-31-28(34)19-5-8-20(9-6-19)38-26-16-25-22(15-23(26)30)21(29(35)36)12-14-37-25;/h5-10,15-17,21H,3-4,11-14H2,1-2H3,(H,31,34)(H,35,36);/q;+1/p-1. The van der Waals surface area contributed by atoms with E-state index in [2.05, 4.69) is 17.4 Å². The van der Waals surface area contributed by atoms with Crippen LogP contribution in [0.4, 0.5) is 5.82 Å². The number of rotatable bonds is 9. The number of fused-ring (bicyclic) bond motifs is 1. The molecule has 1 unspecified atom stereocenters. The van der Waals surface area contributed by atoms with Gasteiger partial charge in [-0.1, -0.05) is 17.7 Å². The van der Waals surface area contributed by atoms with Crippen LogP contribution in [0.2, 0.25) is 5.02 Å². The Balaban J connectivity index is 0.00000353. The molecule has 1 N–H and O–H groups in total. The predicted molar refractivity (Wildman–Crippen MR) is 142 cm³/mol. The van der Waals surface area contributed by atoms with E-state index in [0.717, 1.165) is 17.1 Å². The Morgan fingerprint density at radius 2 is 1.87 bits per heavy atom. The van der Waals surface area contributed by atoms with Crippen LogP contribution in [0.3, 0.4) is 0 Å². The van der Waals surface area contributed by atoms with E-state index in [1.54, 1.807) is 36.4 Å². The third-order valence-electron chi connectivity index (χ3n) is 6.81. The van der Waals surface area contributed by atoms with Crippen LogP contribution in [-0.4, -0.2) is 44.1 Å². The summed E-state index contributed by atoms with van der Waals surface area (Å²) in [5.41, 5.74) is 3.23. The molecule has 1 saturated carbocycles. The second kappa shape index (κ2) is 12.6. The Morgan fingerprint density at radius 1 is 1.13 bits per heavy atom. The molecule has 39 heavy (non-hydrogen) atoms. The van der Waals surface area contributed by atoms with E-state index < -0.39 is 11.9 Å². The number of carboxylic acid groups (broad SMARTS) is 1. The zero-order chi connectivity index (χ0) is 26.8. The van der Waals surface area contributed by atoms with E-state index in [1.807, 2.05) is 19.0 Å². The molecule has 0 radical (unpaired) electrons. The third-order valence-corrected chi connectivity index (χ3v) is 7.10. The molecule has 1 aromatic heterocycles. The first kappa shape index (κ1) is 29.2. The van der Waals surface area contributed by atoms with Gasteiger partial charge in [-0.15, -0.1) is 0 Å². The minimum absolute atomic E-state index is 0. The van der Waals surface area contributed by atoms with Gasteiger partial charge in [0.15, 0.2) is 0 Å². The van der Waals surface area contributed by atoms with Crippen LogP contribution in [0.1, 0.15) is 58.3 Å². The van der Waals surface area contributed by atoms with Gasteiger partial charge in [0.25, 0.3) is 5.91 Å². The minimum Gasteiger partial charge on any atom is -0.549 e. The molecule has 2 aromatic carbocycles. The number of aliphatic carboxylic acids is 1. The van der Waals surface area contributed by atoms with Crippen molar-refractivity contribution in [3.8, 4) is 17.2 Å². The van der Waals surface area contributed by atoms with E-state index in [1.165, 1.54) is 12.8 Å². The summed E-state index contributed by atoms with van der Waals surface area (Å²) in [6, 6.07) is 14.1. The van der Waals surface area contributed by atoms with Crippen molar-refractivity contribution in [2.24, 2.45) is 0 Å². The molecule has 0 saturated heterocycles. The first-order valence-corrected chi connectivity index (χ1v) is 13.1. The van der Waals surface area contributed by atoms with E-state index in [0.29, 0.717) is 53.7 Å². The number of carbonyl (C=O) groups excluding carboxylic acids is 2. The normalized spacial score (nSPS) is 15.8. The maximum atomic E-state index is 12.7. The molecule has 1 fully saturated rings. The number of benzene rings is 2. The number of ether oxygens (including phenoxy) is 2. The molecule has 198 valence electrons. The number of anilines is 1. The summed E-state index contributed by atoms with van der Waals surface area (Å²) in [5, 5.41) is 14.7. The van der Waals surface area contributed by atoms with Gasteiger partial charge < -0.3 is 29.6 Å². The van der Waals surface area contributed by atoms with Crippen LogP contribution in [0.5, 0.6) is 17.2 Å². The summed E-state index contributed by atoms with van der Waals surface area (Å²) in [4.78, 5) is 31.0. The summed E-state index contributed by atoms with van der Waals surface area (Å²) in [6.07, 6.45) is 3.42. The summed E-state index contributed by atoms with van der Waals surface area (Å²) in [7, 11) is 3.97. The molecular formula is C29H29ClN3NaO5. The number of hydrogen-bond donors (Lipinski definition) is 1. The largest absolute Gasteiger partial charge is 1.00 e. The van der Waals surface area contributed by atoms with Crippen molar-refractivity contribution in [3.05, 3.63) is 75.9 Å². The molecule has 5 rings (SSSR count). The SMILES string of the molecule is CN(C)c1nc(C2CC2)ccc1CCNC(=O)c1ccc(Oc2cc3c(cc2Cl)C(C(=O)[O-])CCO3)cc1.[Na+]. The van der Waals surface area contributed by atoms with Gasteiger partial charge in [-0.25, -0.2) is 4.98 Å². The van der Waals surface area contributed by atoms with Crippen LogP contribution in [-0.2, 0) is 11.2 Å². The number of halogens is 1. The number of aromatic nitrogens is 1. The van der Waals surface area contributed by atoms with Crippen molar-refractivity contribution in [3.63, 3.8) is 0 Å². The summed E-state index contributed by atoms with van der Waals surface area (Å²) >= 11 is 6.36. The summed E-state index contributed by atoms with van der Waals surface area (Å²) in [5.74, 6) is 0.659. The molecule has 10 heteroatoms. The summed E-state index contributed by atoms with van der Waals surface area (Å²) in [6.45, 7) is 0.759. The second-order valence-electron chi connectivity index (χ2n) is 9.85. The Hall–Kier alpha value is -2.78. The molecule has 0 spiro atoms.